The van der Waals surface area contributed by atoms with E-state index in [-0.39, 0.29) is 11.8 Å². The van der Waals surface area contributed by atoms with Crippen molar-refractivity contribution in [1.82, 2.24) is 9.80 Å². The zero-order valence-electron chi connectivity index (χ0n) is 14.7. The Morgan fingerprint density at radius 2 is 1.52 bits per heavy atom. The summed E-state index contributed by atoms with van der Waals surface area (Å²) in [4.78, 5) is 28.4. The second kappa shape index (κ2) is 9.02. The topological polar surface area (TPSA) is 60.9 Å². The molecule has 2 aromatic rings. The summed E-state index contributed by atoms with van der Waals surface area (Å²) in [6, 6.07) is 14.5. The predicted octanol–water partition coefficient (Wildman–Crippen LogP) is 1.68. The van der Waals surface area contributed by atoms with E-state index in [2.05, 4.69) is 15.9 Å². The number of halogens is 1. The van der Waals surface area contributed by atoms with Gasteiger partial charge in [-0.15, -0.1) is 0 Å². The Kier molecular flexibility index (Phi) is 6.47. The van der Waals surface area contributed by atoms with Gasteiger partial charge in [-0.2, -0.15) is 0 Å². The third kappa shape index (κ3) is 5.08. The maximum atomic E-state index is 12.5. The lowest BCUT2D eigenvalue weighted by molar-refractivity contribution is -0.127. The fourth-order valence-corrected chi connectivity index (χ4v) is 3.14. The molecule has 1 aliphatic heterocycles. The first-order chi connectivity index (χ1) is 13.1. The van der Waals surface area contributed by atoms with Gasteiger partial charge < -0.3 is 14.8 Å². The number of hydrogen-bond donors (Lipinski definition) is 1. The van der Waals surface area contributed by atoms with E-state index in [4.69, 9.17) is 5.02 Å². The SMILES string of the molecule is O=C(/C=C/c1ccc(Br)cc1)N1CCN(C(=O)c2ccc([B]O)cc2)CC1. The van der Waals surface area contributed by atoms with Crippen molar-refractivity contribution < 1.29 is 14.6 Å². The first kappa shape index (κ1) is 19.4. The molecule has 1 saturated heterocycles. The number of piperazine rings is 1. The van der Waals surface area contributed by atoms with Crippen LogP contribution in [-0.2, 0) is 4.79 Å². The van der Waals surface area contributed by atoms with Crippen molar-refractivity contribution >= 4 is 46.8 Å². The van der Waals surface area contributed by atoms with Crippen LogP contribution in [0.2, 0.25) is 0 Å². The molecule has 1 aliphatic rings. The molecule has 0 saturated carbocycles. The molecular formula is C20H19BBrN2O3. The molecule has 0 aromatic heterocycles. The number of hydrogen-bond acceptors (Lipinski definition) is 3. The van der Waals surface area contributed by atoms with Gasteiger partial charge in [0.2, 0.25) is 5.91 Å². The first-order valence-corrected chi connectivity index (χ1v) is 9.45. The Morgan fingerprint density at radius 1 is 0.926 bits per heavy atom. The Bertz CT molecular complexity index is 829. The number of benzene rings is 2. The molecule has 1 heterocycles. The highest BCUT2D eigenvalue weighted by Gasteiger charge is 2.23. The molecule has 5 nitrogen and oxygen atoms in total. The molecule has 2 amide bonds. The summed E-state index contributed by atoms with van der Waals surface area (Å²) >= 11 is 3.39. The van der Waals surface area contributed by atoms with Gasteiger partial charge in [0.25, 0.3) is 5.91 Å². The second-order valence-corrected chi connectivity index (χ2v) is 7.17. The normalized spacial score (nSPS) is 14.4. The maximum absolute atomic E-state index is 12.5. The molecule has 0 unspecified atom stereocenters. The van der Waals surface area contributed by atoms with Crippen molar-refractivity contribution in [1.29, 1.82) is 0 Å². The molecule has 0 spiro atoms. The fraction of sp³-hybridized carbons (Fsp3) is 0.200. The Hall–Kier alpha value is -2.38. The lowest BCUT2D eigenvalue weighted by atomic mass is 9.88. The van der Waals surface area contributed by atoms with Gasteiger partial charge in [0.15, 0.2) is 0 Å². The lowest BCUT2D eigenvalue weighted by Gasteiger charge is -2.34. The number of nitrogens with zero attached hydrogens (tertiary/aromatic N) is 2. The van der Waals surface area contributed by atoms with E-state index >= 15 is 0 Å². The van der Waals surface area contributed by atoms with Gasteiger partial charge >= 0.3 is 7.48 Å². The van der Waals surface area contributed by atoms with Crippen molar-refractivity contribution in [2.45, 2.75) is 0 Å². The molecule has 0 atom stereocenters. The summed E-state index contributed by atoms with van der Waals surface area (Å²) in [6.07, 6.45) is 3.37. The molecule has 3 rings (SSSR count). The van der Waals surface area contributed by atoms with Gasteiger partial charge in [0, 0.05) is 42.3 Å². The van der Waals surface area contributed by atoms with Gasteiger partial charge in [-0.1, -0.05) is 45.7 Å². The zero-order valence-corrected chi connectivity index (χ0v) is 16.3. The van der Waals surface area contributed by atoms with Gasteiger partial charge in [-0.3, -0.25) is 9.59 Å². The molecule has 27 heavy (non-hydrogen) atoms. The average Bonchev–Trinajstić information content (AvgIpc) is 2.73. The van der Waals surface area contributed by atoms with Crippen molar-refractivity contribution in [2.24, 2.45) is 0 Å². The van der Waals surface area contributed by atoms with Crippen LogP contribution in [0.15, 0.2) is 59.1 Å². The highest BCUT2D eigenvalue weighted by Crippen LogP contribution is 2.12. The minimum atomic E-state index is -0.0583. The summed E-state index contributed by atoms with van der Waals surface area (Å²) in [5.74, 6) is -0.107. The van der Waals surface area contributed by atoms with Crippen molar-refractivity contribution in [3.05, 3.63) is 70.2 Å². The monoisotopic (exact) mass is 425 g/mol. The van der Waals surface area contributed by atoms with Crippen molar-refractivity contribution in [3.63, 3.8) is 0 Å². The molecule has 7 heteroatoms. The van der Waals surface area contributed by atoms with Crippen LogP contribution in [-0.4, -0.2) is 60.3 Å². The predicted molar refractivity (Wildman–Crippen MR) is 110 cm³/mol. The first-order valence-electron chi connectivity index (χ1n) is 8.66. The molecule has 1 N–H and O–H groups in total. The maximum Gasteiger partial charge on any atom is 0.326 e. The van der Waals surface area contributed by atoms with Crippen LogP contribution < -0.4 is 5.46 Å². The fourth-order valence-electron chi connectivity index (χ4n) is 2.87. The van der Waals surface area contributed by atoms with E-state index in [1.54, 1.807) is 46.2 Å². The summed E-state index contributed by atoms with van der Waals surface area (Å²) < 4.78 is 0.996. The highest BCUT2D eigenvalue weighted by molar-refractivity contribution is 9.10. The Balaban J connectivity index is 1.53. The summed E-state index contributed by atoms with van der Waals surface area (Å²) in [7, 11) is 1.00. The number of carbonyl (C=O) groups is 2. The largest absolute Gasteiger partial charge is 0.450 e. The van der Waals surface area contributed by atoms with E-state index in [1.165, 1.54) is 0 Å². The van der Waals surface area contributed by atoms with E-state index in [1.807, 2.05) is 24.3 Å². The van der Waals surface area contributed by atoms with Gasteiger partial charge in [0.1, 0.15) is 0 Å². The summed E-state index contributed by atoms with van der Waals surface area (Å²) in [5.41, 5.74) is 2.19. The van der Waals surface area contributed by atoms with Gasteiger partial charge in [-0.25, -0.2) is 0 Å². The van der Waals surface area contributed by atoms with Gasteiger partial charge in [-0.05, 0) is 35.9 Å². The second-order valence-electron chi connectivity index (χ2n) is 6.25. The van der Waals surface area contributed by atoms with Crippen molar-refractivity contribution in [3.8, 4) is 0 Å². The van der Waals surface area contributed by atoms with Crippen molar-refractivity contribution in [2.75, 3.05) is 26.2 Å². The third-order valence-electron chi connectivity index (χ3n) is 4.47. The number of rotatable bonds is 4. The third-order valence-corrected chi connectivity index (χ3v) is 5.00. The van der Waals surface area contributed by atoms with Crippen LogP contribution >= 0.6 is 15.9 Å². The molecule has 0 bridgehead atoms. The molecular weight excluding hydrogens is 407 g/mol. The highest BCUT2D eigenvalue weighted by atomic mass is 79.9. The van der Waals surface area contributed by atoms with Crippen LogP contribution in [0, 0.1) is 0 Å². The summed E-state index contributed by atoms with van der Waals surface area (Å²) in [5, 5.41) is 8.96. The molecule has 0 aliphatic carbocycles. The van der Waals surface area contributed by atoms with Crippen LogP contribution in [0.25, 0.3) is 6.08 Å². The van der Waals surface area contributed by atoms with Crippen LogP contribution in [0.1, 0.15) is 15.9 Å². The minimum absolute atomic E-state index is 0.0483. The molecule has 137 valence electrons. The summed E-state index contributed by atoms with van der Waals surface area (Å²) in [6.45, 7) is 2.03. The molecule has 1 fully saturated rings. The van der Waals surface area contributed by atoms with E-state index < -0.39 is 0 Å². The smallest absolute Gasteiger partial charge is 0.326 e. The van der Waals surface area contributed by atoms with E-state index in [0.717, 1.165) is 17.5 Å². The van der Waals surface area contributed by atoms with E-state index in [9.17, 15) is 9.59 Å². The van der Waals surface area contributed by atoms with Crippen LogP contribution in [0.5, 0.6) is 0 Å². The average molecular weight is 426 g/mol. The standard InChI is InChI=1S/C20H19BBrN2O3/c22-18-8-1-15(2-9-18)3-10-19(25)23-11-13-24(14-12-23)20(26)16-4-6-17(21-27)7-5-16/h1-10,27H,11-14H2/b10-3+. The minimum Gasteiger partial charge on any atom is -0.450 e. The Labute approximate surface area is 167 Å². The lowest BCUT2D eigenvalue weighted by Crippen LogP contribution is -2.50. The molecule has 1 radical (unpaired) electrons. The Morgan fingerprint density at radius 3 is 2.11 bits per heavy atom. The van der Waals surface area contributed by atoms with Gasteiger partial charge in [0.05, 0.1) is 0 Å². The van der Waals surface area contributed by atoms with E-state index in [0.29, 0.717) is 37.2 Å². The zero-order chi connectivity index (χ0) is 19.2. The van der Waals surface area contributed by atoms with Crippen LogP contribution in [0.4, 0.5) is 0 Å². The van der Waals surface area contributed by atoms with Crippen LogP contribution in [0.3, 0.4) is 0 Å². The number of amides is 2. The molecule has 2 aromatic carbocycles. The number of carbonyl (C=O) groups excluding carboxylic acids is 2. The quantitative estimate of drug-likeness (QED) is 0.598.